The van der Waals surface area contributed by atoms with Crippen molar-refractivity contribution < 1.29 is 0 Å². The summed E-state index contributed by atoms with van der Waals surface area (Å²) in [6, 6.07) is 63.5. The number of hydrogen-bond acceptors (Lipinski definition) is 1. The van der Waals surface area contributed by atoms with Crippen LogP contribution in [0.2, 0.25) is 0 Å². The van der Waals surface area contributed by atoms with E-state index in [4.69, 9.17) is 0 Å². The largest absolute Gasteiger partial charge is 0.310 e. The molecule has 0 saturated carbocycles. The molecule has 3 aromatic heterocycles. The van der Waals surface area contributed by atoms with E-state index in [1.54, 1.807) is 0 Å². The van der Waals surface area contributed by atoms with Crippen LogP contribution in [0.1, 0.15) is 0 Å². The Bertz CT molecular complexity index is 2690. The average molecular weight is 600 g/mol. The SMILES string of the molecule is c1ccc(-c2ccc(-c3ccc(N(c4ccccc4)c4cccc5c4c4c6ccccc6n6c7ccccc7n5c46)cc3)cc2)cc1. The van der Waals surface area contributed by atoms with Crippen molar-refractivity contribution in [1.29, 1.82) is 0 Å². The number of para-hydroxylation sites is 4. The van der Waals surface area contributed by atoms with E-state index in [-0.39, 0.29) is 0 Å². The molecule has 10 aromatic rings. The molecule has 3 nitrogen and oxygen atoms in total. The molecule has 0 bridgehead atoms. The monoisotopic (exact) mass is 599 g/mol. The van der Waals surface area contributed by atoms with Gasteiger partial charge in [0.2, 0.25) is 0 Å². The van der Waals surface area contributed by atoms with Crippen molar-refractivity contribution in [2.24, 2.45) is 0 Å². The Hall–Kier alpha value is -6.32. The van der Waals surface area contributed by atoms with Gasteiger partial charge in [0.05, 0.1) is 27.8 Å². The van der Waals surface area contributed by atoms with Crippen molar-refractivity contribution in [1.82, 2.24) is 8.80 Å². The highest BCUT2D eigenvalue weighted by atomic mass is 15.2. The average Bonchev–Trinajstić information content (AvgIpc) is 3.78. The highest BCUT2D eigenvalue weighted by molar-refractivity contribution is 6.27. The Balaban J connectivity index is 1.18. The van der Waals surface area contributed by atoms with Crippen molar-refractivity contribution in [2.75, 3.05) is 4.90 Å². The zero-order valence-corrected chi connectivity index (χ0v) is 25.6. The molecule has 3 heterocycles. The topological polar surface area (TPSA) is 12.1 Å². The summed E-state index contributed by atoms with van der Waals surface area (Å²) in [5, 5.41) is 3.82. The van der Waals surface area contributed by atoms with Crippen LogP contribution >= 0.6 is 0 Å². The fraction of sp³-hybridized carbons (Fsp3) is 0. The maximum absolute atomic E-state index is 2.45. The van der Waals surface area contributed by atoms with Crippen LogP contribution in [0, 0.1) is 0 Å². The molecule has 7 aromatic carbocycles. The van der Waals surface area contributed by atoms with Crippen LogP contribution in [0.4, 0.5) is 17.1 Å². The lowest BCUT2D eigenvalue weighted by Crippen LogP contribution is -2.10. The Morgan fingerprint density at radius 3 is 1.45 bits per heavy atom. The third kappa shape index (κ3) is 3.81. The Morgan fingerprint density at radius 2 is 0.787 bits per heavy atom. The molecule has 47 heavy (non-hydrogen) atoms. The second-order valence-corrected chi connectivity index (χ2v) is 12.2. The minimum absolute atomic E-state index is 1.12. The fourth-order valence-electron chi connectivity index (χ4n) is 7.58. The first kappa shape index (κ1) is 26.0. The van der Waals surface area contributed by atoms with E-state index in [0.717, 1.165) is 11.4 Å². The van der Waals surface area contributed by atoms with Crippen LogP contribution < -0.4 is 4.90 Å². The van der Waals surface area contributed by atoms with Gasteiger partial charge in [-0.25, -0.2) is 0 Å². The van der Waals surface area contributed by atoms with Gasteiger partial charge in [0.1, 0.15) is 5.65 Å². The summed E-state index contributed by atoms with van der Waals surface area (Å²) in [4.78, 5) is 2.41. The van der Waals surface area contributed by atoms with Gasteiger partial charge >= 0.3 is 0 Å². The summed E-state index contributed by atoms with van der Waals surface area (Å²) in [7, 11) is 0. The molecule has 0 unspecified atom stereocenters. The minimum atomic E-state index is 1.12. The van der Waals surface area contributed by atoms with Gasteiger partial charge in [-0.05, 0) is 76.9 Å². The van der Waals surface area contributed by atoms with Gasteiger partial charge in [0, 0.05) is 27.5 Å². The van der Waals surface area contributed by atoms with E-state index in [0.29, 0.717) is 0 Å². The van der Waals surface area contributed by atoms with Crippen LogP contribution in [0.5, 0.6) is 0 Å². The highest BCUT2D eigenvalue weighted by Crippen LogP contribution is 2.47. The predicted octanol–water partition coefficient (Wildman–Crippen LogP) is 11.9. The Labute approximate surface area is 272 Å². The molecule has 0 N–H and O–H groups in total. The second-order valence-electron chi connectivity index (χ2n) is 12.2. The standard InChI is InChI=1S/C44H29N3/c1-3-12-30(13-4-1)31-22-24-32(25-23-31)33-26-28-35(29-27-33)45(34-14-5-2-6-15-34)40-20-11-21-41-43(40)42-36-16-7-8-17-37(36)46-38-18-9-10-19-39(38)47(41)44(42)46/h1-29H. The Kier molecular flexibility index (Phi) is 5.57. The number of fused-ring (bicyclic) bond motifs is 9. The molecular formula is C44H29N3. The van der Waals surface area contributed by atoms with Crippen LogP contribution in [0.15, 0.2) is 176 Å². The molecule has 0 radical (unpaired) electrons. The minimum Gasteiger partial charge on any atom is -0.310 e. The smallest absolute Gasteiger partial charge is 0.131 e. The molecule has 0 spiro atoms. The van der Waals surface area contributed by atoms with Crippen LogP contribution in [0.25, 0.3) is 66.1 Å². The normalized spacial score (nSPS) is 11.8. The molecule has 0 atom stereocenters. The van der Waals surface area contributed by atoms with Crippen LogP contribution in [-0.4, -0.2) is 8.80 Å². The summed E-state index contributed by atoms with van der Waals surface area (Å²) in [5.74, 6) is 0. The van der Waals surface area contributed by atoms with E-state index < -0.39 is 0 Å². The predicted molar refractivity (Wildman–Crippen MR) is 198 cm³/mol. The summed E-state index contributed by atoms with van der Waals surface area (Å²) in [6.07, 6.45) is 0. The summed E-state index contributed by atoms with van der Waals surface area (Å²) in [5.41, 5.74) is 14.4. The number of rotatable bonds is 5. The van der Waals surface area contributed by atoms with Gasteiger partial charge in [-0.15, -0.1) is 0 Å². The maximum atomic E-state index is 2.45. The van der Waals surface area contributed by atoms with E-state index in [9.17, 15) is 0 Å². The lowest BCUT2D eigenvalue weighted by molar-refractivity contribution is 1.28. The van der Waals surface area contributed by atoms with Gasteiger partial charge in [-0.2, -0.15) is 0 Å². The molecule has 0 amide bonds. The van der Waals surface area contributed by atoms with E-state index in [1.165, 1.54) is 71.8 Å². The van der Waals surface area contributed by atoms with Gasteiger partial charge in [-0.3, -0.25) is 8.80 Å². The lowest BCUT2D eigenvalue weighted by atomic mass is 10.00. The fourth-order valence-corrected chi connectivity index (χ4v) is 7.58. The Morgan fingerprint density at radius 1 is 0.319 bits per heavy atom. The summed E-state index contributed by atoms with van der Waals surface area (Å²) >= 11 is 0. The first-order valence-corrected chi connectivity index (χ1v) is 16.1. The van der Waals surface area contributed by atoms with E-state index in [1.807, 2.05) is 0 Å². The number of anilines is 3. The molecule has 0 aliphatic carbocycles. The molecule has 0 saturated heterocycles. The molecule has 10 rings (SSSR count). The number of imidazole rings is 1. The molecule has 0 aliphatic rings. The number of hydrogen-bond donors (Lipinski definition) is 0. The highest BCUT2D eigenvalue weighted by Gasteiger charge is 2.26. The molecule has 0 fully saturated rings. The van der Waals surface area contributed by atoms with Gasteiger partial charge in [0.15, 0.2) is 0 Å². The van der Waals surface area contributed by atoms with Crippen molar-refractivity contribution in [3.05, 3.63) is 176 Å². The quantitative estimate of drug-likeness (QED) is 0.192. The van der Waals surface area contributed by atoms with E-state index >= 15 is 0 Å². The van der Waals surface area contributed by atoms with Crippen LogP contribution in [-0.2, 0) is 0 Å². The van der Waals surface area contributed by atoms with Crippen molar-refractivity contribution in [2.45, 2.75) is 0 Å². The zero-order chi connectivity index (χ0) is 30.9. The number of aromatic nitrogens is 2. The third-order valence-corrected chi connectivity index (χ3v) is 9.64. The molecule has 0 aliphatic heterocycles. The second kappa shape index (κ2) is 10.1. The lowest BCUT2D eigenvalue weighted by Gasteiger charge is -2.26. The molecule has 3 heteroatoms. The summed E-state index contributed by atoms with van der Waals surface area (Å²) < 4.78 is 4.89. The summed E-state index contributed by atoms with van der Waals surface area (Å²) in [6.45, 7) is 0. The number of nitrogens with zero attached hydrogens (tertiary/aromatic N) is 3. The van der Waals surface area contributed by atoms with Crippen LogP contribution in [0.3, 0.4) is 0 Å². The first-order valence-electron chi connectivity index (χ1n) is 16.1. The molecule has 220 valence electrons. The van der Waals surface area contributed by atoms with E-state index in [2.05, 4.69) is 190 Å². The maximum Gasteiger partial charge on any atom is 0.131 e. The van der Waals surface area contributed by atoms with Crippen molar-refractivity contribution in [3.8, 4) is 22.3 Å². The third-order valence-electron chi connectivity index (χ3n) is 9.64. The molecular weight excluding hydrogens is 571 g/mol. The van der Waals surface area contributed by atoms with Crippen molar-refractivity contribution in [3.63, 3.8) is 0 Å². The van der Waals surface area contributed by atoms with Gasteiger partial charge < -0.3 is 4.90 Å². The zero-order valence-electron chi connectivity index (χ0n) is 25.6. The van der Waals surface area contributed by atoms with Gasteiger partial charge in [0.25, 0.3) is 0 Å². The number of benzene rings is 7. The first-order chi connectivity index (χ1) is 23.3. The van der Waals surface area contributed by atoms with Gasteiger partial charge in [-0.1, -0.05) is 121 Å². The van der Waals surface area contributed by atoms with Crippen molar-refractivity contribution >= 4 is 60.9 Å².